The summed E-state index contributed by atoms with van der Waals surface area (Å²) in [6, 6.07) is 23.2. The minimum Gasteiger partial charge on any atom is -0.496 e. The van der Waals surface area contributed by atoms with Crippen LogP contribution in [0.2, 0.25) is 0 Å². The lowest BCUT2D eigenvalue weighted by Crippen LogP contribution is -2.20. The number of carbonyl (C=O) groups is 1. The Labute approximate surface area is 248 Å². The van der Waals surface area contributed by atoms with Crippen LogP contribution in [-0.2, 0) is 11.0 Å². The molecule has 212 valence electrons. The number of carbonyl (C=O) groups excluding carboxylic acids is 1. The number of ether oxygens (including phenoxy) is 1. The third-order valence-electron chi connectivity index (χ3n) is 7.13. The molecule has 0 radical (unpaired) electrons. The fourth-order valence-electron chi connectivity index (χ4n) is 4.95. The van der Waals surface area contributed by atoms with Gasteiger partial charge >= 0.3 is 0 Å². The maximum Gasteiger partial charge on any atom is 0.255 e. The number of nitrogens with one attached hydrogen (secondary N) is 1. The molecule has 2 heterocycles. The molecule has 0 aliphatic rings. The fraction of sp³-hybridized carbons (Fsp3) is 0.125. The SMILES string of the molecule is CNC(=O)c1c(-c2ccc(F)cc2)oc2cc(N(C)S(C)=O)c(-c3ccc(OC)c(-c4nc5ccccc5s4)c3)cc12. The van der Waals surface area contributed by atoms with Crippen LogP contribution in [0, 0.1) is 5.82 Å². The van der Waals surface area contributed by atoms with Gasteiger partial charge in [0.15, 0.2) is 0 Å². The summed E-state index contributed by atoms with van der Waals surface area (Å²) in [6.07, 6.45) is 1.59. The number of fused-ring (bicyclic) bond motifs is 2. The molecule has 0 fully saturated rings. The van der Waals surface area contributed by atoms with Gasteiger partial charge < -0.3 is 14.5 Å². The molecule has 1 unspecified atom stereocenters. The average molecular weight is 600 g/mol. The van der Waals surface area contributed by atoms with Crippen molar-refractivity contribution in [2.24, 2.45) is 0 Å². The van der Waals surface area contributed by atoms with Crippen molar-refractivity contribution in [2.75, 3.05) is 31.8 Å². The van der Waals surface area contributed by atoms with Gasteiger partial charge in [-0.3, -0.25) is 9.10 Å². The molecule has 1 amide bonds. The van der Waals surface area contributed by atoms with E-state index >= 15 is 0 Å². The standard InChI is InChI=1S/C32H26FN3O4S2/c1-34-31(37)29-22-16-21(19-11-14-26(39-3)23(15-19)32-35-24-7-5-6-8-28(24)41-32)25(36(2)42(4)38)17-27(22)40-30(29)18-9-12-20(33)13-10-18/h5-17H,1-4H3,(H,34,37). The quantitative estimate of drug-likeness (QED) is 0.209. The number of furan rings is 1. The molecule has 0 bridgehead atoms. The Bertz CT molecular complexity index is 1970. The summed E-state index contributed by atoms with van der Waals surface area (Å²) in [5, 5.41) is 4.07. The third-order valence-corrected chi connectivity index (χ3v) is 9.16. The van der Waals surface area contributed by atoms with Crippen molar-refractivity contribution >= 4 is 55.1 Å². The molecule has 6 rings (SSSR count). The number of benzene rings is 4. The number of rotatable bonds is 7. The van der Waals surface area contributed by atoms with E-state index in [1.54, 1.807) is 61.3 Å². The molecule has 42 heavy (non-hydrogen) atoms. The van der Waals surface area contributed by atoms with Crippen LogP contribution in [-0.4, -0.2) is 42.6 Å². The van der Waals surface area contributed by atoms with E-state index in [2.05, 4.69) is 5.32 Å². The molecular weight excluding hydrogens is 574 g/mol. The molecule has 1 atom stereocenters. The van der Waals surface area contributed by atoms with E-state index in [-0.39, 0.29) is 5.91 Å². The molecule has 0 aliphatic heterocycles. The first-order valence-corrected chi connectivity index (χ1v) is 15.3. The Morgan fingerprint density at radius 1 is 1.02 bits per heavy atom. The van der Waals surface area contributed by atoms with Crippen molar-refractivity contribution in [3.8, 4) is 38.8 Å². The topological polar surface area (TPSA) is 84.7 Å². The van der Waals surface area contributed by atoms with Crippen molar-refractivity contribution in [1.29, 1.82) is 0 Å². The highest BCUT2D eigenvalue weighted by molar-refractivity contribution is 7.85. The van der Waals surface area contributed by atoms with Crippen molar-refractivity contribution in [2.45, 2.75) is 0 Å². The van der Waals surface area contributed by atoms with E-state index in [1.807, 2.05) is 48.5 Å². The molecule has 1 N–H and O–H groups in total. The number of hydrogen-bond acceptors (Lipinski definition) is 6. The minimum absolute atomic E-state index is 0.317. The predicted octanol–water partition coefficient (Wildman–Crippen LogP) is 7.28. The van der Waals surface area contributed by atoms with Crippen molar-refractivity contribution < 1.29 is 22.5 Å². The van der Waals surface area contributed by atoms with E-state index in [9.17, 15) is 13.4 Å². The lowest BCUT2D eigenvalue weighted by molar-refractivity contribution is 0.0964. The Balaban J connectivity index is 1.62. The van der Waals surface area contributed by atoms with Gasteiger partial charge in [-0.05, 0) is 60.2 Å². The summed E-state index contributed by atoms with van der Waals surface area (Å²) < 4.78 is 41.1. The van der Waals surface area contributed by atoms with E-state index in [1.165, 1.54) is 12.1 Å². The van der Waals surface area contributed by atoms with E-state index < -0.39 is 16.8 Å². The summed E-state index contributed by atoms with van der Waals surface area (Å²) in [7, 11) is 3.55. The summed E-state index contributed by atoms with van der Waals surface area (Å²) in [4.78, 5) is 18.0. The molecule has 10 heteroatoms. The number of thiazole rings is 1. The van der Waals surface area contributed by atoms with Crippen LogP contribution in [0.4, 0.5) is 10.1 Å². The van der Waals surface area contributed by atoms with Crippen LogP contribution >= 0.6 is 11.3 Å². The maximum absolute atomic E-state index is 13.7. The summed E-state index contributed by atoms with van der Waals surface area (Å²) in [5.41, 5.74) is 5.23. The number of aromatic nitrogens is 1. The zero-order chi connectivity index (χ0) is 29.5. The molecular formula is C32H26FN3O4S2. The molecule has 0 saturated heterocycles. The van der Waals surface area contributed by atoms with Gasteiger partial charge in [0.05, 0.1) is 34.1 Å². The summed E-state index contributed by atoms with van der Waals surface area (Å²) in [6.45, 7) is 0. The smallest absolute Gasteiger partial charge is 0.255 e. The minimum atomic E-state index is -1.36. The zero-order valence-electron chi connectivity index (χ0n) is 23.2. The highest BCUT2D eigenvalue weighted by Crippen LogP contribution is 2.44. The molecule has 7 nitrogen and oxygen atoms in total. The van der Waals surface area contributed by atoms with Gasteiger partial charge in [0, 0.05) is 42.9 Å². The van der Waals surface area contributed by atoms with E-state index in [0.717, 1.165) is 31.9 Å². The first kappa shape index (κ1) is 27.6. The molecule has 0 spiro atoms. The number of methoxy groups -OCH3 is 1. The number of halogens is 1. The molecule has 4 aromatic carbocycles. The lowest BCUT2D eigenvalue weighted by Gasteiger charge is -2.20. The number of anilines is 1. The van der Waals surface area contributed by atoms with Gasteiger partial charge in [0.1, 0.15) is 38.9 Å². The second kappa shape index (κ2) is 11.0. The molecule has 0 aliphatic carbocycles. The second-order valence-corrected chi connectivity index (χ2v) is 12.0. The second-order valence-electron chi connectivity index (χ2n) is 9.58. The van der Waals surface area contributed by atoms with Crippen LogP contribution < -0.4 is 14.4 Å². The number of nitrogens with zero attached hydrogens (tertiary/aromatic N) is 2. The lowest BCUT2D eigenvalue weighted by atomic mass is 9.97. The average Bonchev–Trinajstić information content (AvgIpc) is 3.61. The largest absolute Gasteiger partial charge is 0.496 e. The van der Waals surface area contributed by atoms with Crippen LogP contribution in [0.5, 0.6) is 5.75 Å². The van der Waals surface area contributed by atoms with Gasteiger partial charge in [-0.1, -0.05) is 18.2 Å². The number of para-hydroxylation sites is 1. The van der Waals surface area contributed by atoms with Gasteiger partial charge in [0.2, 0.25) is 0 Å². The predicted molar refractivity (Wildman–Crippen MR) is 168 cm³/mol. The number of hydrogen-bond donors (Lipinski definition) is 1. The summed E-state index contributed by atoms with van der Waals surface area (Å²) in [5.74, 6) is 0.249. The Morgan fingerprint density at radius 2 is 1.76 bits per heavy atom. The first-order valence-electron chi connectivity index (χ1n) is 13.0. The van der Waals surface area contributed by atoms with Crippen LogP contribution in [0.25, 0.3) is 54.2 Å². The maximum atomic E-state index is 13.7. The van der Waals surface area contributed by atoms with Gasteiger partial charge in [-0.2, -0.15) is 0 Å². The first-order chi connectivity index (χ1) is 20.3. The highest BCUT2D eigenvalue weighted by atomic mass is 32.2. The zero-order valence-corrected chi connectivity index (χ0v) is 24.9. The van der Waals surface area contributed by atoms with Crippen molar-refractivity contribution in [3.63, 3.8) is 0 Å². The van der Waals surface area contributed by atoms with E-state index in [0.29, 0.717) is 39.3 Å². The Hall–Kier alpha value is -4.54. The summed E-state index contributed by atoms with van der Waals surface area (Å²) >= 11 is 1.57. The molecule has 0 saturated carbocycles. The monoisotopic (exact) mass is 599 g/mol. The Morgan fingerprint density at radius 3 is 2.45 bits per heavy atom. The van der Waals surface area contributed by atoms with Gasteiger partial charge in [0.25, 0.3) is 5.91 Å². The van der Waals surface area contributed by atoms with Crippen LogP contribution in [0.1, 0.15) is 10.4 Å². The van der Waals surface area contributed by atoms with Crippen LogP contribution in [0.3, 0.4) is 0 Å². The number of amides is 1. The van der Waals surface area contributed by atoms with Crippen molar-refractivity contribution in [3.05, 3.63) is 90.2 Å². The fourth-order valence-corrected chi connectivity index (χ4v) is 6.36. The van der Waals surface area contributed by atoms with Crippen molar-refractivity contribution in [1.82, 2.24) is 10.3 Å². The van der Waals surface area contributed by atoms with Crippen LogP contribution in [0.15, 0.2) is 83.3 Å². The van der Waals surface area contributed by atoms with E-state index in [4.69, 9.17) is 14.1 Å². The van der Waals surface area contributed by atoms with Gasteiger partial charge in [-0.25, -0.2) is 13.6 Å². The normalized spacial score (nSPS) is 12.0. The third kappa shape index (κ3) is 4.82. The van der Waals surface area contributed by atoms with Gasteiger partial charge in [-0.15, -0.1) is 11.3 Å². The molecule has 6 aromatic rings. The Kier molecular flexibility index (Phi) is 7.26. The highest BCUT2D eigenvalue weighted by Gasteiger charge is 2.25. The molecule has 2 aromatic heterocycles.